The van der Waals surface area contributed by atoms with Crippen molar-refractivity contribution in [2.45, 2.75) is 47.0 Å². The standard InChI is InChI=1S/C17H26N2O2/c1-5-6-7-10-19(15(4)20)12-17(21)18-16-9-8-13(2)11-14(16)3/h8-9,11H,5-7,10,12H2,1-4H3,(H,18,21). The molecule has 1 aromatic carbocycles. The second kappa shape index (κ2) is 8.45. The highest BCUT2D eigenvalue weighted by Gasteiger charge is 2.13. The Bertz CT molecular complexity index is 498. The van der Waals surface area contributed by atoms with Crippen molar-refractivity contribution >= 4 is 17.5 Å². The van der Waals surface area contributed by atoms with Crippen LogP contribution < -0.4 is 5.32 Å². The number of aryl methyl sites for hydroxylation is 2. The zero-order valence-corrected chi connectivity index (χ0v) is 13.5. The minimum Gasteiger partial charge on any atom is -0.334 e. The number of carbonyl (C=O) groups excluding carboxylic acids is 2. The number of nitrogens with zero attached hydrogens (tertiary/aromatic N) is 1. The summed E-state index contributed by atoms with van der Waals surface area (Å²) < 4.78 is 0. The van der Waals surface area contributed by atoms with E-state index >= 15 is 0 Å². The SMILES string of the molecule is CCCCCN(CC(=O)Nc1ccc(C)cc1C)C(C)=O. The Hall–Kier alpha value is -1.84. The van der Waals surface area contributed by atoms with Crippen molar-refractivity contribution < 1.29 is 9.59 Å². The van der Waals surface area contributed by atoms with E-state index in [0.29, 0.717) is 6.54 Å². The van der Waals surface area contributed by atoms with E-state index < -0.39 is 0 Å². The zero-order valence-electron chi connectivity index (χ0n) is 13.5. The Balaban J connectivity index is 2.59. The van der Waals surface area contributed by atoms with Crippen molar-refractivity contribution in [3.05, 3.63) is 29.3 Å². The van der Waals surface area contributed by atoms with Gasteiger partial charge in [-0.15, -0.1) is 0 Å². The molecule has 0 spiro atoms. The third kappa shape index (κ3) is 5.98. The van der Waals surface area contributed by atoms with Crippen LogP contribution in [-0.4, -0.2) is 29.8 Å². The molecule has 0 aromatic heterocycles. The highest BCUT2D eigenvalue weighted by atomic mass is 16.2. The van der Waals surface area contributed by atoms with Gasteiger partial charge in [0.2, 0.25) is 11.8 Å². The molecule has 0 aliphatic heterocycles. The van der Waals surface area contributed by atoms with E-state index in [1.165, 1.54) is 6.92 Å². The van der Waals surface area contributed by atoms with Gasteiger partial charge in [-0.25, -0.2) is 0 Å². The van der Waals surface area contributed by atoms with Crippen LogP contribution in [0.5, 0.6) is 0 Å². The van der Waals surface area contributed by atoms with Gasteiger partial charge < -0.3 is 10.2 Å². The number of hydrogen-bond acceptors (Lipinski definition) is 2. The van der Waals surface area contributed by atoms with Gasteiger partial charge in [0.1, 0.15) is 0 Å². The molecule has 21 heavy (non-hydrogen) atoms. The van der Waals surface area contributed by atoms with Crippen LogP contribution in [0, 0.1) is 13.8 Å². The van der Waals surface area contributed by atoms with Crippen LogP contribution in [0.4, 0.5) is 5.69 Å². The first-order chi connectivity index (χ1) is 9.93. The van der Waals surface area contributed by atoms with Crippen molar-refractivity contribution in [2.75, 3.05) is 18.4 Å². The molecule has 1 aromatic rings. The molecular formula is C17H26N2O2. The Morgan fingerprint density at radius 1 is 1.19 bits per heavy atom. The smallest absolute Gasteiger partial charge is 0.244 e. The van der Waals surface area contributed by atoms with Crippen LogP contribution in [0.1, 0.15) is 44.2 Å². The second-order valence-electron chi connectivity index (χ2n) is 5.51. The first kappa shape index (κ1) is 17.2. The van der Waals surface area contributed by atoms with E-state index in [9.17, 15) is 9.59 Å². The van der Waals surface area contributed by atoms with Crippen molar-refractivity contribution in [1.29, 1.82) is 0 Å². The lowest BCUT2D eigenvalue weighted by Crippen LogP contribution is -2.37. The van der Waals surface area contributed by atoms with Gasteiger partial charge >= 0.3 is 0 Å². The Morgan fingerprint density at radius 3 is 2.48 bits per heavy atom. The lowest BCUT2D eigenvalue weighted by atomic mass is 10.1. The molecule has 0 radical (unpaired) electrons. The molecule has 0 heterocycles. The van der Waals surface area contributed by atoms with Crippen LogP contribution in [0.25, 0.3) is 0 Å². The Kier molecular flexibility index (Phi) is 6.92. The summed E-state index contributed by atoms with van der Waals surface area (Å²) in [6, 6.07) is 5.89. The molecule has 0 atom stereocenters. The normalized spacial score (nSPS) is 10.3. The van der Waals surface area contributed by atoms with Gasteiger partial charge in [-0.05, 0) is 31.9 Å². The lowest BCUT2D eigenvalue weighted by molar-refractivity contribution is -0.132. The summed E-state index contributed by atoms with van der Waals surface area (Å²) in [6.45, 7) is 8.37. The second-order valence-corrected chi connectivity index (χ2v) is 5.51. The summed E-state index contributed by atoms with van der Waals surface area (Å²) in [4.78, 5) is 25.3. The lowest BCUT2D eigenvalue weighted by Gasteiger charge is -2.20. The van der Waals surface area contributed by atoms with E-state index in [-0.39, 0.29) is 18.4 Å². The van der Waals surface area contributed by atoms with Crippen LogP contribution >= 0.6 is 0 Å². The molecule has 4 heteroatoms. The largest absolute Gasteiger partial charge is 0.334 e. The number of anilines is 1. The number of benzene rings is 1. The predicted octanol–water partition coefficient (Wildman–Crippen LogP) is 3.28. The number of unbranched alkanes of at least 4 members (excludes halogenated alkanes) is 2. The van der Waals surface area contributed by atoms with E-state index in [1.807, 2.05) is 32.0 Å². The molecule has 0 aliphatic rings. The van der Waals surface area contributed by atoms with Gasteiger partial charge in [-0.3, -0.25) is 9.59 Å². The van der Waals surface area contributed by atoms with E-state index in [4.69, 9.17) is 0 Å². The Morgan fingerprint density at radius 2 is 1.90 bits per heavy atom. The maximum absolute atomic E-state index is 12.1. The van der Waals surface area contributed by atoms with Crippen molar-refractivity contribution in [2.24, 2.45) is 0 Å². The fraction of sp³-hybridized carbons (Fsp3) is 0.529. The molecule has 1 rings (SSSR count). The van der Waals surface area contributed by atoms with Crippen LogP contribution in [0.2, 0.25) is 0 Å². The summed E-state index contributed by atoms with van der Waals surface area (Å²) in [5.74, 6) is -0.199. The van der Waals surface area contributed by atoms with Gasteiger partial charge in [0, 0.05) is 19.2 Å². The monoisotopic (exact) mass is 290 g/mol. The molecule has 4 nitrogen and oxygen atoms in total. The topological polar surface area (TPSA) is 49.4 Å². The number of hydrogen-bond donors (Lipinski definition) is 1. The number of carbonyl (C=O) groups is 2. The van der Waals surface area contributed by atoms with Crippen molar-refractivity contribution in [3.8, 4) is 0 Å². The van der Waals surface area contributed by atoms with Crippen LogP contribution in [0.15, 0.2) is 18.2 Å². The third-order valence-electron chi connectivity index (χ3n) is 3.47. The van der Waals surface area contributed by atoms with Crippen LogP contribution in [0.3, 0.4) is 0 Å². The average Bonchev–Trinajstić information content (AvgIpc) is 2.41. The van der Waals surface area contributed by atoms with E-state index in [1.54, 1.807) is 4.90 Å². The summed E-state index contributed by atoms with van der Waals surface area (Å²) in [7, 11) is 0. The molecule has 0 fully saturated rings. The summed E-state index contributed by atoms with van der Waals surface area (Å²) in [6.07, 6.45) is 3.11. The molecule has 0 unspecified atom stereocenters. The van der Waals surface area contributed by atoms with Gasteiger partial charge in [0.25, 0.3) is 0 Å². The first-order valence-electron chi connectivity index (χ1n) is 7.56. The first-order valence-corrected chi connectivity index (χ1v) is 7.56. The van der Waals surface area contributed by atoms with Crippen LogP contribution in [-0.2, 0) is 9.59 Å². The maximum atomic E-state index is 12.1. The number of rotatable bonds is 7. The van der Waals surface area contributed by atoms with E-state index in [0.717, 1.165) is 36.1 Å². The predicted molar refractivity (Wildman–Crippen MR) is 86.3 cm³/mol. The van der Waals surface area contributed by atoms with Crippen molar-refractivity contribution in [1.82, 2.24) is 4.90 Å². The van der Waals surface area contributed by atoms with Crippen molar-refractivity contribution in [3.63, 3.8) is 0 Å². The molecule has 0 aliphatic carbocycles. The maximum Gasteiger partial charge on any atom is 0.244 e. The molecule has 0 saturated heterocycles. The molecule has 116 valence electrons. The zero-order chi connectivity index (χ0) is 15.8. The Labute approximate surface area is 127 Å². The highest BCUT2D eigenvalue weighted by molar-refractivity contribution is 5.94. The summed E-state index contributed by atoms with van der Waals surface area (Å²) in [5.41, 5.74) is 3.00. The molecule has 1 N–H and O–H groups in total. The van der Waals surface area contributed by atoms with Gasteiger partial charge in [-0.1, -0.05) is 37.5 Å². The van der Waals surface area contributed by atoms with Gasteiger partial charge in [0.15, 0.2) is 0 Å². The molecule has 2 amide bonds. The molecular weight excluding hydrogens is 264 g/mol. The third-order valence-corrected chi connectivity index (χ3v) is 3.47. The minimum atomic E-state index is -0.145. The highest BCUT2D eigenvalue weighted by Crippen LogP contribution is 2.16. The van der Waals surface area contributed by atoms with Gasteiger partial charge in [0.05, 0.1) is 6.54 Å². The fourth-order valence-electron chi connectivity index (χ4n) is 2.22. The summed E-state index contributed by atoms with van der Waals surface area (Å²) >= 11 is 0. The number of amides is 2. The van der Waals surface area contributed by atoms with E-state index in [2.05, 4.69) is 12.2 Å². The number of nitrogens with one attached hydrogen (secondary N) is 1. The minimum absolute atomic E-state index is 0.0538. The fourth-order valence-corrected chi connectivity index (χ4v) is 2.22. The molecule has 0 bridgehead atoms. The quantitative estimate of drug-likeness (QED) is 0.783. The summed E-state index contributed by atoms with van der Waals surface area (Å²) in [5, 5.41) is 2.88. The average molecular weight is 290 g/mol. The van der Waals surface area contributed by atoms with Gasteiger partial charge in [-0.2, -0.15) is 0 Å². The molecule has 0 saturated carbocycles.